The molecule has 6 nitrogen and oxygen atoms in total. The highest BCUT2D eigenvalue weighted by Crippen LogP contribution is 2.14. The molecule has 1 atom stereocenters. The van der Waals surface area contributed by atoms with Gasteiger partial charge in [-0.25, -0.2) is 0 Å². The average molecular weight is 329 g/mol. The van der Waals surface area contributed by atoms with Crippen molar-refractivity contribution < 1.29 is 4.79 Å². The lowest BCUT2D eigenvalue weighted by molar-refractivity contribution is -0.112. The summed E-state index contributed by atoms with van der Waals surface area (Å²) in [6, 6.07) is 7.10. The first-order valence-electron chi connectivity index (χ1n) is 7.88. The quantitative estimate of drug-likeness (QED) is 0.391. The van der Waals surface area contributed by atoms with Gasteiger partial charge in [0.2, 0.25) is 0 Å². The summed E-state index contributed by atoms with van der Waals surface area (Å²) >= 11 is 0. The van der Waals surface area contributed by atoms with Crippen molar-refractivity contribution >= 4 is 23.5 Å². The maximum atomic E-state index is 11.6. The molecule has 0 aromatic heterocycles. The molecule has 0 saturated carbocycles. The highest BCUT2D eigenvalue weighted by molar-refractivity contribution is 6.08. The molecule has 0 aliphatic carbocycles. The molecule has 0 bridgehead atoms. The van der Waals surface area contributed by atoms with Gasteiger partial charge >= 0.3 is 0 Å². The van der Waals surface area contributed by atoms with Crippen molar-refractivity contribution in [1.29, 1.82) is 10.8 Å². The van der Waals surface area contributed by atoms with Gasteiger partial charge in [-0.15, -0.1) is 0 Å². The van der Waals surface area contributed by atoms with Crippen LogP contribution in [0.1, 0.15) is 12.5 Å². The summed E-state index contributed by atoms with van der Waals surface area (Å²) in [6.07, 6.45) is 1.31. The van der Waals surface area contributed by atoms with Crippen LogP contribution in [-0.2, 0) is 4.79 Å². The van der Waals surface area contributed by atoms with Crippen molar-refractivity contribution in [3.63, 3.8) is 0 Å². The first-order valence-corrected chi connectivity index (χ1v) is 7.88. The zero-order chi connectivity index (χ0) is 18.1. The van der Waals surface area contributed by atoms with Crippen LogP contribution in [0.15, 0.2) is 36.4 Å². The van der Waals surface area contributed by atoms with E-state index in [4.69, 9.17) is 10.8 Å². The zero-order valence-electron chi connectivity index (χ0n) is 14.6. The number of likely N-dealkylation sites (N-methyl/N-ethyl adjacent to an activating group) is 2. The van der Waals surface area contributed by atoms with E-state index in [1.165, 1.54) is 6.21 Å². The maximum Gasteiger partial charge on any atom is 0.250 e. The van der Waals surface area contributed by atoms with E-state index in [-0.39, 0.29) is 11.8 Å². The van der Waals surface area contributed by atoms with E-state index in [0.29, 0.717) is 23.5 Å². The number of amides is 1. The Bertz CT molecular complexity index is 594. The zero-order valence-corrected chi connectivity index (χ0v) is 14.6. The van der Waals surface area contributed by atoms with Crippen LogP contribution in [0.3, 0.4) is 0 Å². The second kappa shape index (κ2) is 9.75. The number of hydrogen-bond donors (Lipinski definition) is 4. The summed E-state index contributed by atoms with van der Waals surface area (Å²) < 4.78 is 0. The summed E-state index contributed by atoms with van der Waals surface area (Å²) in [6.45, 7) is 7.60. The van der Waals surface area contributed by atoms with Crippen molar-refractivity contribution in [1.82, 2.24) is 10.2 Å². The lowest BCUT2D eigenvalue weighted by Gasteiger charge is -2.22. The van der Waals surface area contributed by atoms with Crippen molar-refractivity contribution in [3.05, 3.63) is 42.0 Å². The molecule has 6 heteroatoms. The Morgan fingerprint density at radius 1 is 1.38 bits per heavy atom. The van der Waals surface area contributed by atoms with Gasteiger partial charge in [-0.1, -0.05) is 18.7 Å². The topological polar surface area (TPSA) is 92.1 Å². The van der Waals surface area contributed by atoms with Crippen LogP contribution in [-0.4, -0.2) is 56.5 Å². The lowest BCUT2D eigenvalue weighted by atomic mass is 9.97. The Hall–Kier alpha value is -2.31. The molecule has 0 spiro atoms. The molecular formula is C18H27N5O. The van der Waals surface area contributed by atoms with E-state index in [2.05, 4.69) is 22.1 Å². The molecule has 1 rings (SSSR count). The first-order chi connectivity index (χ1) is 11.4. The summed E-state index contributed by atoms with van der Waals surface area (Å²) in [5.74, 6) is -0.482. The van der Waals surface area contributed by atoms with E-state index < -0.39 is 0 Å². The molecular weight excluding hydrogens is 302 g/mol. The van der Waals surface area contributed by atoms with E-state index in [9.17, 15) is 4.79 Å². The predicted molar refractivity (Wildman–Crippen MR) is 100 cm³/mol. The molecule has 1 amide bonds. The SMILES string of the molecule is C=C(C)C(=O)Nc1ccc(C(=N)C(C=N)CN(C)CCNC)cc1. The highest BCUT2D eigenvalue weighted by atomic mass is 16.1. The van der Waals surface area contributed by atoms with Gasteiger partial charge in [0.15, 0.2) is 0 Å². The van der Waals surface area contributed by atoms with Crippen molar-refractivity contribution in [2.45, 2.75) is 6.92 Å². The Balaban J connectivity index is 2.73. The monoisotopic (exact) mass is 329 g/mol. The van der Waals surface area contributed by atoms with Crippen molar-refractivity contribution in [2.75, 3.05) is 39.0 Å². The van der Waals surface area contributed by atoms with Gasteiger partial charge in [0.05, 0.1) is 0 Å². The van der Waals surface area contributed by atoms with Crippen LogP contribution < -0.4 is 10.6 Å². The molecule has 24 heavy (non-hydrogen) atoms. The maximum absolute atomic E-state index is 11.6. The molecule has 0 heterocycles. The molecule has 1 aromatic carbocycles. The fraction of sp³-hybridized carbons (Fsp3) is 0.389. The largest absolute Gasteiger partial charge is 0.322 e. The summed E-state index contributed by atoms with van der Waals surface area (Å²) in [5, 5.41) is 21.8. The fourth-order valence-corrected chi connectivity index (χ4v) is 2.14. The third-order valence-electron chi connectivity index (χ3n) is 3.67. The summed E-state index contributed by atoms with van der Waals surface area (Å²) in [5.41, 5.74) is 2.26. The highest BCUT2D eigenvalue weighted by Gasteiger charge is 2.16. The van der Waals surface area contributed by atoms with Crippen molar-refractivity contribution in [2.24, 2.45) is 5.92 Å². The number of nitrogens with zero attached hydrogens (tertiary/aromatic N) is 1. The molecule has 0 aliphatic rings. The second-order valence-electron chi connectivity index (χ2n) is 5.86. The van der Waals surface area contributed by atoms with Gasteiger partial charge < -0.3 is 26.4 Å². The van der Waals surface area contributed by atoms with Gasteiger partial charge in [0.1, 0.15) is 0 Å². The minimum Gasteiger partial charge on any atom is -0.322 e. The van der Waals surface area contributed by atoms with Gasteiger partial charge in [0.25, 0.3) is 5.91 Å². The van der Waals surface area contributed by atoms with E-state index >= 15 is 0 Å². The minimum absolute atomic E-state index is 0.221. The Kier molecular flexibility index (Phi) is 8.01. The Labute approximate surface area is 144 Å². The van der Waals surface area contributed by atoms with Crippen LogP contribution >= 0.6 is 0 Å². The molecule has 0 fully saturated rings. The summed E-state index contributed by atoms with van der Waals surface area (Å²) in [7, 11) is 3.88. The number of anilines is 1. The number of rotatable bonds is 10. The number of nitrogens with one attached hydrogen (secondary N) is 4. The third-order valence-corrected chi connectivity index (χ3v) is 3.67. The number of hydrogen-bond acceptors (Lipinski definition) is 5. The van der Waals surface area contributed by atoms with Gasteiger partial charge in [0, 0.05) is 48.7 Å². The van der Waals surface area contributed by atoms with Gasteiger partial charge in [-0.3, -0.25) is 4.79 Å². The Morgan fingerprint density at radius 2 is 2.00 bits per heavy atom. The first kappa shape index (κ1) is 19.7. The van der Waals surface area contributed by atoms with Crippen LogP contribution in [0.25, 0.3) is 0 Å². The van der Waals surface area contributed by atoms with E-state index in [1.54, 1.807) is 31.2 Å². The Morgan fingerprint density at radius 3 is 2.50 bits per heavy atom. The van der Waals surface area contributed by atoms with Crippen LogP contribution in [0.5, 0.6) is 0 Å². The van der Waals surface area contributed by atoms with Gasteiger partial charge in [-0.05, 0) is 38.7 Å². The van der Waals surface area contributed by atoms with Crippen LogP contribution in [0.4, 0.5) is 5.69 Å². The second-order valence-corrected chi connectivity index (χ2v) is 5.86. The molecule has 0 radical (unpaired) electrons. The van der Waals surface area contributed by atoms with Crippen molar-refractivity contribution in [3.8, 4) is 0 Å². The molecule has 0 saturated heterocycles. The number of benzene rings is 1. The van der Waals surface area contributed by atoms with Crippen LogP contribution in [0, 0.1) is 16.7 Å². The van der Waals surface area contributed by atoms with Gasteiger partial charge in [-0.2, -0.15) is 0 Å². The third kappa shape index (κ3) is 6.06. The molecule has 1 aromatic rings. The smallest absolute Gasteiger partial charge is 0.250 e. The number of carbonyl (C=O) groups is 1. The molecule has 4 N–H and O–H groups in total. The fourth-order valence-electron chi connectivity index (χ4n) is 2.14. The minimum atomic E-state index is -0.261. The average Bonchev–Trinajstić information content (AvgIpc) is 2.57. The molecule has 0 aliphatic heterocycles. The lowest BCUT2D eigenvalue weighted by Crippen LogP contribution is -2.35. The van der Waals surface area contributed by atoms with Crippen LogP contribution in [0.2, 0.25) is 0 Å². The summed E-state index contributed by atoms with van der Waals surface area (Å²) in [4.78, 5) is 13.7. The standard InChI is InChI=1S/C18H27N5O/c1-13(2)18(24)22-16-7-5-14(6-8-16)17(20)15(11-19)12-23(4)10-9-21-3/h5-8,11,15,19-21H,1,9-10,12H2,2-4H3,(H,22,24). The predicted octanol–water partition coefficient (Wildman–Crippen LogP) is 1.99. The van der Waals surface area contributed by atoms with E-state index in [0.717, 1.165) is 18.7 Å². The normalized spacial score (nSPS) is 11.8. The number of carbonyl (C=O) groups excluding carboxylic acids is 1. The molecule has 130 valence electrons. The molecule has 1 unspecified atom stereocenters. The van der Waals surface area contributed by atoms with E-state index in [1.807, 2.05) is 14.1 Å².